The van der Waals surface area contributed by atoms with Crippen molar-refractivity contribution in [1.82, 2.24) is 14.2 Å². The number of hydrogen-bond donors (Lipinski definition) is 1. The van der Waals surface area contributed by atoms with Gasteiger partial charge in [-0.05, 0) is 24.3 Å². The lowest BCUT2D eigenvalue weighted by molar-refractivity contribution is 0.0730. The zero-order valence-corrected chi connectivity index (χ0v) is 18.8. The zero-order chi connectivity index (χ0) is 22.6. The summed E-state index contributed by atoms with van der Waals surface area (Å²) in [7, 11) is -2.00. The maximum atomic E-state index is 12.7. The smallest absolute Gasteiger partial charge is 0.322 e. The number of ether oxygens (including phenoxy) is 2. The number of piperazine rings is 1. The second-order valence-corrected chi connectivity index (χ2v) is 9.41. The molecule has 172 valence electrons. The van der Waals surface area contributed by atoms with Gasteiger partial charge in [0.25, 0.3) is 0 Å². The number of anilines is 2. The summed E-state index contributed by atoms with van der Waals surface area (Å²) in [5, 5.41) is 2.89. The van der Waals surface area contributed by atoms with Crippen molar-refractivity contribution in [1.29, 1.82) is 0 Å². The first kappa shape index (κ1) is 22.3. The topological polar surface area (TPSA) is 104 Å². The summed E-state index contributed by atoms with van der Waals surface area (Å²) >= 11 is 0. The maximum Gasteiger partial charge on any atom is 0.322 e. The van der Waals surface area contributed by atoms with E-state index in [0.29, 0.717) is 69.7 Å². The summed E-state index contributed by atoms with van der Waals surface area (Å²) < 4.78 is 37.4. The Hall–Kier alpha value is -2.89. The van der Waals surface area contributed by atoms with Crippen LogP contribution in [0.1, 0.15) is 0 Å². The van der Waals surface area contributed by atoms with E-state index >= 15 is 0 Å². The lowest BCUT2D eigenvalue weighted by atomic mass is 10.3. The molecule has 11 heteroatoms. The van der Waals surface area contributed by atoms with Crippen molar-refractivity contribution < 1.29 is 22.7 Å². The first-order valence-corrected chi connectivity index (χ1v) is 11.9. The molecule has 0 saturated carbocycles. The third-order valence-electron chi connectivity index (χ3n) is 5.57. The number of benzene rings is 1. The molecule has 0 spiro atoms. The average molecular weight is 462 g/mol. The minimum Gasteiger partial charge on any atom is -0.495 e. The van der Waals surface area contributed by atoms with Gasteiger partial charge in [-0.3, -0.25) is 0 Å². The lowest BCUT2D eigenvalue weighted by Crippen LogP contribution is -2.50. The molecule has 1 N–H and O–H groups in total. The van der Waals surface area contributed by atoms with Crippen molar-refractivity contribution in [3.8, 4) is 5.75 Å². The van der Waals surface area contributed by atoms with Gasteiger partial charge in [-0.2, -0.15) is 4.31 Å². The third-order valence-corrected chi connectivity index (χ3v) is 7.45. The summed E-state index contributed by atoms with van der Waals surface area (Å²) in [5.41, 5.74) is 0.626. The van der Waals surface area contributed by atoms with Crippen LogP contribution in [0.25, 0.3) is 0 Å². The highest BCUT2D eigenvalue weighted by Crippen LogP contribution is 2.24. The summed E-state index contributed by atoms with van der Waals surface area (Å²) in [6, 6.07) is 10.4. The van der Waals surface area contributed by atoms with Crippen molar-refractivity contribution in [2.75, 3.05) is 69.8 Å². The van der Waals surface area contributed by atoms with Gasteiger partial charge in [0.1, 0.15) is 16.5 Å². The average Bonchev–Trinajstić information content (AvgIpc) is 2.85. The molecule has 2 amide bonds. The van der Waals surface area contributed by atoms with E-state index in [9.17, 15) is 13.2 Å². The second-order valence-electron chi connectivity index (χ2n) is 7.47. The van der Waals surface area contributed by atoms with E-state index < -0.39 is 10.0 Å². The highest BCUT2D eigenvalue weighted by Gasteiger charge is 2.27. The first-order valence-electron chi connectivity index (χ1n) is 10.5. The Kier molecular flexibility index (Phi) is 6.77. The molecule has 1 aromatic carbocycles. The molecule has 4 rings (SSSR count). The molecule has 0 aliphatic carbocycles. The van der Waals surface area contributed by atoms with E-state index in [2.05, 4.69) is 10.3 Å². The largest absolute Gasteiger partial charge is 0.495 e. The Morgan fingerprint density at radius 3 is 2.41 bits per heavy atom. The molecule has 2 aliphatic heterocycles. The SMILES string of the molecule is COc1ccccc1NC(=O)N1CCN(c2ccc(S(=O)(=O)N3CCOCC3)cn2)CC1. The molecule has 32 heavy (non-hydrogen) atoms. The number of para-hydroxylation sites is 2. The van der Waals surface area contributed by atoms with Crippen LogP contribution in [0.5, 0.6) is 5.75 Å². The molecule has 2 saturated heterocycles. The number of carbonyl (C=O) groups is 1. The Morgan fingerprint density at radius 2 is 1.75 bits per heavy atom. The molecule has 10 nitrogen and oxygen atoms in total. The number of sulfonamides is 1. The van der Waals surface area contributed by atoms with E-state index in [1.165, 1.54) is 10.5 Å². The summed E-state index contributed by atoms with van der Waals surface area (Å²) in [4.78, 5) is 21.0. The standard InChI is InChI=1S/C21H27N5O5S/c1-30-19-5-3-2-4-18(19)23-21(27)25-10-8-24(9-11-25)20-7-6-17(16-22-20)32(28,29)26-12-14-31-15-13-26/h2-7,16H,8-15H2,1H3,(H,23,27). The minimum atomic E-state index is -3.56. The summed E-state index contributed by atoms with van der Waals surface area (Å²) in [5.74, 6) is 1.30. The van der Waals surface area contributed by atoms with E-state index in [-0.39, 0.29) is 10.9 Å². The molecule has 0 unspecified atom stereocenters. The number of morpholine rings is 1. The van der Waals surface area contributed by atoms with Crippen LogP contribution in [-0.4, -0.2) is 88.2 Å². The van der Waals surface area contributed by atoms with Gasteiger partial charge in [0.15, 0.2) is 0 Å². The van der Waals surface area contributed by atoms with Gasteiger partial charge >= 0.3 is 6.03 Å². The zero-order valence-electron chi connectivity index (χ0n) is 17.9. The minimum absolute atomic E-state index is 0.179. The molecule has 3 heterocycles. The van der Waals surface area contributed by atoms with Gasteiger partial charge in [-0.1, -0.05) is 12.1 Å². The number of rotatable bonds is 5. The monoisotopic (exact) mass is 461 g/mol. The van der Waals surface area contributed by atoms with E-state index in [4.69, 9.17) is 9.47 Å². The molecular weight excluding hydrogens is 434 g/mol. The van der Waals surface area contributed by atoms with Gasteiger partial charge in [0, 0.05) is 45.5 Å². The van der Waals surface area contributed by atoms with Crippen LogP contribution in [0, 0.1) is 0 Å². The normalized spacial score (nSPS) is 17.8. The number of nitrogens with one attached hydrogen (secondary N) is 1. The molecule has 0 atom stereocenters. The van der Waals surface area contributed by atoms with Crippen LogP contribution >= 0.6 is 0 Å². The Morgan fingerprint density at radius 1 is 1.03 bits per heavy atom. The lowest BCUT2D eigenvalue weighted by Gasteiger charge is -2.35. The molecule has 0 bridgehead atoms. The van der Waals surface area contributed by atoms with Crippen molar-refractivity contribution in [3.05, 3.63) is 42.6 Å². The number of carbonyl (C=O) groups excluding carboxylic acids is 1. The van der Waals surface area contributed by atoms with E-state index in [1.54, 1.807) is 36.3 Å². The van der Waals surface area contributed by atoms with E-state index in [1.807, 2.05) is 17.0 Å². The van der Waals surface area contributed by atoms with Crippen LogP contribution in [0.15, 0.2) is 47.5 Å². The molecule has 2 fully saturated rings. The molecule has 0 radical (unpaired) electrons. The van der Waals surface area contributed by atoms with Gasteiger partial charge in [0.2, 0.25) is 10.0 Å². The van der Waals surface area contributed by atoms with Crippen molar-refractivity contribution >= 4 is 27.6 Å². The van der Waals surface area contributed by atoms with Gasteiger partial charge in [0.05, 0.1) is 26.0 Å². The number of nitrogens with zero attached hydrogens (tertiary/aromatic N) is 4. The summed E-state index contributed by atoms with van der Waals surface area (Å²) in [6.07, 6.45) is 1.40. The predicted octanol–water partition coefficient (Wildman–Crippen LogP) is 1.47. The highest BCUT2D eigenvalue weighted by molar-refractivity contribution is 7.89. The number of aromatic nitrogens is 1. The summed E-state index contributed by atoms with van der Waals surface area (Å²) in [6.45, 7) is 3.75. The maximum absolute atomic E-state index is 12.7. The quantitative estimate of drug-likeness (QED) is 0.719. The number of amides is 2. The number of hydrogen-bond acceptors (Lipinski definition) is 7. The van der Waals surface area contributed by atoms with E-state index in [0.717, 1.165) is 0 Å². The van der Waals surface area contributed by atoms with Crippen LogP contribution < -0.4 is 15.0 Å². The van der Waals surface area contributed by atoms with Crippen molar-refractivity contribution in [3.63, 3.8) is 0 Å². The first-order chi connectivity index (χ1) is 15.5. The fraction of sp³-hybridized carbons (Fsp3) is 0.429. The fourth-order valence-electron chi connectivity index (χ4n) is 3.73. The Labute approximate surface area is 187 Å². The van der Waals surface area contributed by atoms with Gasteiger partial charge in [-0.15, -0.1) is 0 Å². The second kappa shape index (κ2) is 9.72. The Bertz CT molecular complexity index is 1030. The number of pyridine rings is 1. The van der Waals surface area contributed by atoms with Crippen LogP contribution in [0.4, 0.5) is 16.3 Å². The van der Waals surface area contributed by atoms with Crippen LogP contribution in [-0.2, 0) is 14.8 Å². The van der Waals surface area contributed by atoms with Gasteiger partial charge < -0.3 is 24.6 Å². The van der Waals surface area contributed by atoms with Crippen molar-refractivity contribution in [2.24, 2.45) is 0 Å². The Balaban J connectivity index is 1.34. The number of urea groups is 1. The van der Waals surface area contributed by atoms with Gasteiger partial charge in [-0.25, -0.2) is 18.2 Å². The van der Waals surface area contributed by atoms with Crippen molar-refractivity contribution in [2.45, 2.75) is 4.90 Å². The third kappa shape index (κ3) is 4.79. The fourth-order valence-corrected chi connectivity index (χ4v) is 5.08. The molecule has 2 aromatic rings. The molecular formula is C21H27N5O5S. The number of methoxy groups -OCH3 is 1. The van der Waals surface area contributed by atoms with Crippen LogP contribution in [0.2, 0.25) is 0 Å². The predicted molar refractivity (Wildman–Crippen MR) is 120 cm³/mol. The highest BCUT2D eigenvalue weighted by atomic mass is 32.2. The molecule has 2 aliphatic rings. The van der Waals surface area contributed by atoms with Crippen LogP contribution in [0.3, 0.4) is 0 Å². The molecule has 1 aromatic heterocycles.